The molecule has 0 fully saturated rings. The lowest BCUT2D eigenvalue weighted by Crippen LogP contribution is -2.34. The zero-order valence-corrected chi connectivity index (χ0v) is 10.8. The zero-order valence-electron chi connectivity index (χ0n) is 10.0. The molecule has 3 N–H and O–H groups in total. The molecule has 94 valence electrons. The van der Waals surface area contributed by atoms with E-state index in [2.05, 4.69) is 10.3 Å². The van der Waals surface area contributed by atoms with Crippen LogP contribution in [0.25, 0.3) is 0 Å². The Morgan fingerprint density at radius 2 is 2.35 bits per heavy atom. The zero-order chi connectivity index (χ0) is 12.4. The van der Waals surface area contributed by atoms with Crippen molar-refractivity contribution in [3.05, 3.63) is 10.6 Å². The lowest BCUT2D eigenvalue weighted by Gasteiger charge is -2.13. The van der Waals surface area contributed by atoms with Gasteiger partial charge in [0.1, 0.15) is 0 Å². The van der Waals surface area contributed by atoms with Gasteiger partial charge < -0.3 is 15.8 Å². The van der Waals surface area contributed by atoms with Gasteiger partial charge >= 0.3 is 0 Å². The van der Waals surface area contributed by atoms with Gasteiger partial charge in [-0.15, -0.1) is 0 Å². The number of nitrogens with zero attached hydrogens (tertiary/aromatic N) is 1. The van der Waals surface area contributed by atoms with E-state index in [1.165, 1.54) is 11.3 Å². The van der Waals surface area contributed by atoms with Gasteiger partial charge in [0, 0.05) is 12.5 Å². The number of thiazole rings is 1. The normalized spacial score (nSPS) is 18.3. The van der Waals surface area contributed by atoms with Gasteiger partial charge in [0.05, 0.1) is 29.7 Å². The maximum absolute atomic E-state index is 11.8. The van der Waals surface area contributed by atoms with Gasteiger partial charge in [-0.2, -0.15) is 0 Å². The van der Waals surface area contributed by atoms with Crippen LogP contribution in [0.1, 0.15) is 24.4 Å². The molecule has 0 saturated heterocycles. The smallest absolute Gasteiger partial charge is 0.230 e. The minimum Gasteiger partial charge on any atom is -0.375 e. The third-order valence-electron chi connectivity index (χ3n) is 2.93. The molecule has 1 amide bonds. The lowest BCUT2D eigenvalue weighted by molar-refractivity contribution is -0.119. The van der Waals surface area contributed by atoms with E-state index in [0.29, 0.717) is 18.3 Å². The van der Waals surface area contributed by atoms with Crippen LogP contribution in [0.2, 0.25) is 0 Å². The van der Waals surface area contributed by atoms with Crippen LogP contribution >= 0.6 is 11.3 Å². The van der Waals surface area contributed by atoms with Crippen molar-refractivity contribution in [3.63, 3.8) is 0 Å². The highest BCUT2D eigenvalue weighted by molar-refractivity contribution is 7.15. The van der Waals surface area contributed by atoms with Crippen LogP contribution in [-0.2, 0) is 22.6 Å². The molecule has 1 aromatic rings. The van der Waals surface area contributed by atoms with Crippen molar-refractivity contribution in [3.8, 4) is 0 Å². The molecule has 2 unspecified atom stereocenters. The fraction of sp³-hybridized carbons (Fsp3) is 0.636. The summed E-state index contributed by atoms with van der Waals surface area (Å²) < 4.78 is 5.34. The standard InChI is InChI=1S/C11H17N3O2S/c1-6(7(2)12)10(15)14-11-13-8-3-4-16-5-9(8)17-11/h6-7H,3-5,12H2,1-2H3,(H,13,14,15). The van der Waals surface area contributed by atoms with Gasteiger partial charge in [0.25, 0.3) is 0 Å². The first-order valence-corrected chi connectivity index (χ1v) is 6.52. The van der Waals surface area contributed by atoms with Gasteiger partial charge in [-0.1, -0.05) is 18.3 Å². The number of rotatable bonds is 3. The van der Waals surface area contributed by atoms with Gasteiger partial charge in [0.15, 0.2) is 5.13 Å². The summed E-state index contributed by atoms with van der Waals surface area (Å²) >= 11 is 1.48. The summed E-state index contributed by atoms with van der Waals surface area (Å²) in [6.07, 6.45) is 0.824. The Hall–Kier alpha value is -0.980. The third-order valence-corrected chi connectivity index (χ3v) is 3.91. The van der Waals surface area contributed by atoms with Crippen LogP contribution in [0, 0.1) is 5.92 Å². The molecule has 0 aromatic carbocycles. The van der Waals surface area contributed by atoms with Gasteiger partial charge in [0.2, 0.25) is 5.91 Å². The molecular formula is C11H17N3O2S. The minimum absolute atomic E-state index is 0.0768. The Morgan fingerprint density at radius 3 is 3.00 bits per heavy atom. The largest absolute Gasteiger partial charge is 0.375 e. The number of aromatic nitrogens is 1. The van der Waals surface area contributed by atoms with E-state index in [1.54, 1.807) is 0 Å². The Labute approximate surface area is 104 Å². The third kappa shape index (κ3) is 2.83. The van der Waals surface area contributed by atoms with E-state index in [1.807, 2.05) is 13.8 Å². The van der Waals surface area contributed by atoms with E-state index >= 15 is 0 Å². The van der Waals surface area contributed by atoms with Crippen LogP contribution in [-0.4, -0.2) is 23.5 Å². The Bertz CT molecular complexity index is 393. The summed E-state index contributed by atoms with van der Waals surface area (Å²) in [4.78, 5) is 17.3. The van der Waals surface area contributed by atoms with Crippen molar-refractivity contribution in [2.45, 2.75) is 32.9 Å². The number of ether oxygens (including phenoxy) is 1. The highest BCUT2D eigenvalue weighted by Crippen LogP contribution is 2.27. The summed E-state index contributed by atoms with van der Waals surface area (Å²) in [7, 11) is 0. The van der Waals surface area contributed by atoms with E-state index in [4.69, 9.17) is 10.5 Å². The van der Waals surface area contributed by atoms with Crippen molar-refractivity contribution in [1.82, 2.24) is 4.98 Å². The van der Waals surface area contributed by atoms with E-state index < -0.39 is 0 Å². The van der Waals surface area contributed by atoms with Crippen molar-refractivity contribution < 1.29 is 9.53 Å². The summed E-state index contributed by atoms with van der Waals surface area (Å²) in [5.41, 5.74) is 6.74. The average Bonchev–Trinajstić information content (AvgIpc) is 2.69. The molecule has 0 aliphatic carbocycles. The number of carbonyl (C=O) groups is 1. The first kappa shape index (κ1) is 12.5. The molecule has 6 heteroatoms. The molecule has 5 nitrogen and oxygen atoms in total. The second-order valence-electron chi connectivity index (χ2n) is 4.33. The number of nitrogens with one attached hydrogen (secondary N) is 1. The molecule has 2 rings (SSSR count). The fourth-order valence-corrected chi connectivity index (χ4v) is 2.49. The quantitative estimate of drug-likeness (QED) is 0.849. The maximum atomic E-state index is 11.8. The molecule has 1 aliphatic rings. The molecule has 1 aliphatic heterocycles. The summed E-state index contributed by atoms with van der Waals surface area (Å²) in [6, 6.07) is -0.159. The Kier molecular flexibility index (Phi) is 3.76. The first-order chi connectivity index (χ1) is 8.08. The van der Waals surface area contributed by atoms with Crippen LogP contribution in [0.4, 0.5) is 5.13 Å². The molecule has 0 spiro atoms. The van der Waals surface area contributed by atoms with Gasteiger partial charge in [-0.25, -0.2) is 4.98 Å². The second kappa shape index (κ2) is 5.12. The molecule has 0 radical (unpaired) electrons. The summed E-state index contributed by atoms with van der Waals surface area (Å²) in [6.45, 7) is 4.95. The van der Waals surface area contributed by atoms with Crippen LogP contribution in [0.5, 0.6) is 0 Å². The van der Waals surface area contributed by atoms with Crippen molar-refractivity contribution >= 4 is 22.4 Å². The molecule has 1 aromatic heterocycles. The fourth-order valence-electron chi connectivity index (χ4n) is 1.54. The van der Waals surface area contributed by atoms with Gasteiger partial charge in [-0.3, -0.25) is 4.79 Å². The molecule has 2 heterocycles. The first-order valence-electron chi connectivity index (χ1n) is 5.70. The number of fused-ring (bicyclic) bond motifs is 1. The van der Waals surface area contributed by atoms with Crippen molar-refractivity contribution in [2.75, 3.05) is 11.9 Å². The highest BCUT2D eigenvalue weighted by Gasteiger charge is 2.20. The number of amides is 1. The number of hydrogen-bond donors (Lipinski definition) is 2. The molecule has 17 heavy (non-hydrogen) atoms. The molecular weight excluding hydrogens is 238 g/mol. The predicted octanol–water partition coefficient (Wildman–Crippen LogP) is 1.14. The number of anilines is 1. The number of carbonyl (C=O) groups excluding carboxylic acids is 1. The Morgan fingerprint density at radius 1 is 1.59 bits per heavy atom. The lowest BCUT2D eigenvalue weighted by atomic mass is 10.0. The number of nitrogens with two attached hydrogens (primary N) is 1. The SMILES string of the molecule is CC(N)C(C)C(=O)Nc1nc2c(s1)COCC2. The van der Waals surface area contributed by atoms with Crippen LogP contribution in [0.3, 0.4) is 0 Å². The maximum Gasteiger partial charge on any atom is 0.230 e. The van der Waals surface area contributed by atoms with Crippen molar-refractivity contribution in [2.24, 2.45) is 11.7 Å². The molecule has 0 saturated carbocycles. The molecule has 2 atom stereocenters. The van der Waals surface area contributed by atoms with E-state index in [-0.39, 0.29) is 17.9 Å². The number of hydrogen-bond acceptors (Lipinski definition) is 5. The van der Waals surface area contributed by atoms with Gasteiger partial charge in [-0.05, 0) is 6.92 Å². The average molecular weight is 255 g/mol. The Balaban J connectivity index is 2.04. The predicted molar refractivity (Wildman–Crippen MR) is 66.9 cm³/mol. The van der Waals surface area contributed by atoms with Crippen molar-refractivity contribution in [1.29, 1.82) is 0 Å². The van der Waals surface area contributed by atoms with Crippen LogP contribution in [0.15, 0.2) is 0 Å². The topological polar surface area (TPSA) is 77.2 Å². The molecule has 0 bridgehead atoms. The highest BCUT2D eigenvalue weighted by atomic mass is 32.1. The van der Waals surface area contributed by atoms with E-state index in [9.17, 15) is 4.79 Å². The summed E-state index contributed by atoms with van der Waals surface area (Å²) in [5.74, 6) is -0.292. The summed E-state index contributed by atoms with van der Waals surface area (Å²) in [5, 5.41) is 3.46. The monoisotopic (exact) mass is 255 g/mol. The second-order valence-corrected chi connectivity index (χ2v) is 5.41. The van der Waals surface area contributed by atoms with E-state index in [0.717, 1.165) is 17.0 Å². The minimum atomic E-state index is -0.216. The van der Waals surface area contributed by atoms with Crippen LogP contribution < -0.4 is 11.1 Å².